The molecule has 0 spiro atoms. The van der Waals surface area contributed by atoms with E-state index in [4.69, 9.17) is 9.72 Å². The zero-order chi connectivity index (χ0) is 23.5. The molecule has 2 fully saturated rings. The molecule has 2 aromatic carbocycles. The van der Waals surface area contributed by atoms with E-state index in [2.05, 4.69) is 51.0 Å². The van der Waals surface area contributed by atoms with Gasteiger partial charge in [0.1, 0.15) is 24.3 Å². The van der Waals surface area contributed by atoms with E-state index in [1.54, 1.807) is 6.33 Å². The lowest BCUT2D eigenvalue weighted by molar-refractivity contribution is 0.133. The van der Waals surface area contributed by atoms with Gasteiger partial charge >= 0.3 is 0 Å². The number of likely N-dealkylation sites (tertiary alicyclic amines) is 1. The maximum absolute atomic E-state index is 6.11. The minimum absolute atomic E-state index is 0.524. The Morgan fingerprint density at radius 3 is 2.57 bits per heavy atom. The molecule has 2 aromatic heterocycles. The Bertz CT molecular complexity index is 1250. The highest BCUT2D eigenvalue weighted by atomic mass is 16.5. The molecule has 1 saturated carbocycles. The summed E-state index contributed by atoms with van der Waals surface area (Å²) < 4.78 is 8.51. The molecule has 4 aromatic rings. The van der Waals surface area contributed by atoms with Crippen LogP contribution >= 0.6 is 0 Å². The third kappa shape index (κ3) is 4.96. The molecule has 2 aliphatic rings. The summed E-state index contributed by atoms with van der Waals surface area (Å²) in [6.45, 7) is 4.40. The molecule has 6 rings (SSSR count). The van der Waals surface area contributed by atoms with Gasteiger partial charge in [-0.15, -0.1) is 0 Å². The molecule has 180 valence electrons. The van der Waals surface area contributed by atoms with Crippen LogP contribution in [0.15, 0.2) is 73.3 Å². The van der Waals surface area contributed by atoms with Gasteiger partial charge in [0.25, 0.3) is 0 Å². The van der Waals surface area contributed by atoms with Crippen LogP contribution in [-0.2, 0) is 6.61 Å². The largest absolute Gasteiger partial charge is 0.489 e. The molecule has 1 saturated heterocycles. The molecule has 0 radical (unpaired) electrons. The SMILES string of the molecule is c1ccc(COc2cccc(-c3cn([C@H]4C[C@H](CN5CCCCCC5)C4)c4ncncc34)c2)cc1. The van der Waals surface area contributed by atoms with Gasteiger partial charge in [-0.1, -0.05) is 55.3 Å². The highest BCUT2D eigenvalue weighted by Crippen LogP contribution is 2.42. The maximum Gasteiger partial charge on any atom is 0.144 e. The fraction of sp³-hybridized carbons (Fsp3) is 0.400. The normalized spacial score (nSPS) is 20.9. The van der Waals surface area contributed by atoms with Crippen molar-refractivity contribution in [3.63, 3.8) is 0 Å². The van der Waals surface area contributed by atoms with Crippen LogP contribution < -0.4 is 4.74 Å². The van der Waals surface area contributed by atoms with E-state index >= 15 is 0 Å². The standard InChI is InChI=1S/C30H34N4O/c1-2-7-14-33(13-6-1)19-24-15-26(16-24)34-20-29(28-18-31-22-32-30(28)34)25-11-8-12-27(17-25)35-21-23-9-4-3-5-10-23/h3-5,8-12,17-18,20,22,24,26H,1-2,6-7,13-16,19,21H2/t24-,26-. The summed E-state index contributed by atoms with van der Waals surface area (Å²) in [7, 11) is 0. The monoisotopic (exact) mass is 466 g/mol. The van der Waals surface area contributed by atoms with Crippen LogP contribution in [0.25, 0.3) is 22.2 Å². The Morgan fingerprint density at radius 2 is 1.74 bits per heavy atom. The van der Waals surface area contributed by atoms with Crippen molar-refractivity contribution in [2.75, 3.05) is 19.6 Å². The Balaban J connectivity index is 1.19. The second-order valence-electron chi connectivity index (χ2n) is 10.2. The Labute approximate surface area is 207 Å². The molecular formula is C30H34N4O. The van der Waals surface area contributed by atoms with Crippen LogP contribution in [0.5, 0.6) is 5.75 Å². The Hall–Kier alpha value is -3.18. The van der Waals surface area contributed by atoms with Crippen LogP contribution in [0.2, 0.25) is 0 Å². The maximum atomic E-state index is 6.11. The smallest absolute Gasteiger partial charge is 0.144 e. The van der Waals surface area contributed by atoms with Crippen molar-refractivity contribution in [3.05, 3.63) is 78.9 Å². The van der Waals surface area contributed by atoms with E-state index in [0.29, 0.717) is 12.6 Å². The second-order valence-corrected chi connectivity index (χ2v) is 10.2. The zero-order valence-corrected chi connectivity index (χ0v) is 20.4. The first-order valence-electron chi connectivity index (χ1n) is 13.1. The van der Waals surface area contributed by atoms with Gasteiger partial charge in [-0.3, -0.25) is 0 Å². The van der Waals surface area contributed by atoms with Crippen molar-refractivity contribution >= 4 is 11.0 Å². The number of fused-ring (bicyclic) bond motifs is 1. The third-order valence-corrected chi connectivity index (χ3v) is 7.71. The molecular weight excluding hydrogens is 432 g/mol. The highest BCUT2D eigenvalue weighted by molar-refractivity contribution is 5.93. The van der Waals surface area contributed by atoms with E-state index in [1.165, 1.54) is 69.3 Å². The summed E-state index contributed by atoms with van der Waals surface area (Å²) >= 11 is 0. The lowest BCUT2D eigenvalue weighted by atomic mass is 9.79. The lowest BCUT2D eigenvalue weighted by Crippen LogP contribution is -2.37. The predicted molar refractivity (Wildman–Crippen MR) is 140 cm³/mol. The van der Waals surface area contributed by atoms with Gasteiger partial charge in [-0.2, -0.15) is 0 Å². The number of ether oxygens (including phenoxy) is 1. The molecule has 1 aliphatic carbocycles. The van der Waals surface area contributed by atoms with Crippen LogP contribution in [0.4, 0.5) is 0 Å². The highest BCUT2D eigenvalue weighted by Gasteiger charge is 2.33. The first-order valence-corrected chi connectivity index (χ1v) is 13.1. The lowest BCUT2D eigenvalue weighted by Gasteiger charge is -2.39. The first-order chi connectivity index (χ1) is 17.3. The predicted octanol–water partition coefficient (Wildman–Crippen LogP) is 6.50. The van der Waals surface area contributed by atoms with Gasteiger partial charge in [0.2, 0.25) is 0 Å². The average molecular weight is 467 g/mol. The van der Waals surface area contributed by atoms with Gasteiger partial charge in [0.05, 0.1) is 0 Å². The molecule has 5 heteroatoms. The Morgan fingerprint density at radius 1 is 0.914 bits per heavy atom. The van der Waals surface area contributed by atoms with Crippen molar-refractivity contribution in [1.29, 1.82) is 0 Å². The van der Waals surface area contributed by atoms with E-state index in [9.17, 15) is 0 Å². The minimum Gasteiger partial charge on any atom is -0.489 e. The van der Waals surface area contributed by atoms with E-state index in [1.807, 2.05) is 30.5 Å². The van der Waals surface area contributed by atoms with E-state index in [-0.39, 0.29) is 0 Å². The van der Waals surface area contributed by atoms with E-state index in [0.717, 1.165) is 28.3 Å². The topological polar surface area (TPSA) is 43.2 Å². The summed E-state index contributed by atoms with van der Waals surface area (Å²) in [5, 5.41) is 1.11. The molecule has 0 amide bonds. The van der Waals surface area contributed by atoms with Crippen molar-refractivity contribution < 1.29 is 4.74 Å². The number of hydrogen-bond acceptors (Lipinski definition) is 4. The van der Waals surface area contributed by atoms with E-state index < -0.39 is 0 Å². The zero-order valence-electron chi connectivity index (χ0n) is 20.4. The van der Waals surface area contributed by atoms with Crippen LogP contribution in [-0.4, -0.2) is 39.1 Å². The number of benzene rings is 2. The molecule has 0 atom stereocenters. The summed E-state index contributed by atoms with van der Waals surface area (Å²) in [5.74, 6) is 1.68. The fourth-order valence-electron chi connectivity index (χ4n) is 5.75. The molecule has 3 heterocycles. The van der Waals surface area contributed by atoms with Crippen LogP contribution in [0, 0.1) is 5.92 Å². The number of aromatic nitrogens is 3. The first kappa shape index (κ1) is 22.3. The summed E-state index contributed by atoms with van der Waals surface area (Å²) in [6.07, 6.45) is 13.9. The number of nitrogens with zero attached hydrogens (tertiary/aromatic N) is 4. The van der Waals surface area contributed by atoms with Crippen molar-refractivity contribution in [3.8, 4) is 16.9 Å². The summed E-state index contributed by atoms with van der Waals surface area (Å²) in [4.78, 5) is 11.7. The molecule has 5 nitrogen and oxygen atoms in total. The van der Waals surface area contributed by atoms with Crippen molar-refractivity contribution in [2.24, 2.45) is 5.92 Å². The molecule has 0 bridgehead atoms. The quantitative estimate of drug-likeness (QED) is 0.312. The van der Waals surface area contributed by atoms with Crippen molar-refractivity contribution in [1.82, 2.24) is 19.4 Å². The average Bonchev–Trinajstić information content (AvgIpc) is 3.06. The second kappa shape index (κ2) is 10.2. The van der Waals surface area contributed by atoms with Gasteiger partial charge < -0.3 is 14.2 Å². The third-order valence-electron chi connectivity index (χ3n) is 7.71. The van der Waals surface area contributed by atoms with Crippen LogP contribution in [0.3, 0.4) is 0 Å². The molecule has 35 heavy (non-hydrogen) atoms. The van der Waals surface area contributed by atoms with Gasteiger partial charge in [0.15, 0.2) is 0 Å². The summed E-state index contributed by atoms with van der Waals surface area (Å²) in [5.41, 5.74) is 4.54. The van der Waals surface area contributed by atoms with Gasteiger partial charge in [-0.25, -0.2) is 9.97 Å². The van der Waals surface area contributed by atoms with Crippen LogP contribution in [0.1, 0.15) is 50.1 Å². The molecule has 0 unspecified atom stereocenters. The van der Waals surface area contributed by atoms with Gasteiger partial charge in [0, 0.05) is 35.9 Å². The molecule has 0 N–H and O–H groups in total. The Kier molecular flexibility index (Phi) is 6.50. The number of rotatable bonds is 7. The summed E-state index contributed by atoms with van der Waals surface area (Å²) in [6, 6.07) is 19.2. The molecule has 1 aliphatic heterocycles. The fourth-order valence-corrected chi connectivity index (χ4v) is 5.75. The van der Waals surface area contributed by atoms with Gasteiger partial charge in [-0.05, 0) is 68.0 Å². The minimum atomic E-state index is 0.524. The number of hydrogen-bond donors (Lipinski definition) is 0. The van der Waals surface area contributed by atoms with Crippen molar-refractivity contribution in [2.45, 2.75) is 51.2 Å².